The molecule has 0 bridgehead atoms. The predicted octanol–water partition coefficient (Wildman–Crippen LogP) is 3.14. The topological polar surface area (TPSA) is 72.8 Å². The van der Waals surface area contributed by atoms with Crippen molar-refractivity contribution in [2.75, 3.05) is 13.7 Å². The van der Waals surface area contributed by atoms with Crippen LogP contribution in [-0.4, -0.2) is 30.8 Å². The summed E-state index contributed by atoms with van der Waals surface area (Å²) in [6.45, 7) is 4.02. The number of hydrogen-bond acceptors (Lipinski definition) is 4. The highest BCUT2D eigenvalue weighted by atomic mass is 16.5. The Labute approximate surface area is 125 Å². The average Bonchev–Trinajstić information content (AvgIpc) is 2.51. The number of carboxylic acid groups (broad SMARTS) is 1. The largest absolute Gasteiger partial charge is 0.497 e. The number of ether oxygens (including phenoxy) is 2. The molecule has 1 aromatic carbocycles. The summed E-state index contributed by atoms with van der Waals surface area (Å²) in [5.41, 5.74) is 0.939. The molecule has 0 saturated carbocycles. The van der Waals surface area contributed by atoms with Crippen molar-refractivity contribution in [3.05, 3.63) is 35.9 Å². The smallest absolute Gasteiger partial charge is 0.330 e. The van der Waals surface area contributed by atoms with Crippen molar-refractivity contribution in [1.29, 1.82) is 0 Å². The summed E-state index contributed by atoms with van der Waals surface area (Å²) in [6, 6.07) is 7.44. The summed E-state index contributed by atoms with van der Waals surface area (Å²) in [6.07, 6.45) is 4.21. The zero-order valence-electron chi connectivity index (χ0n) is 12.7. The Balaban J connectivity index is 0.000000690. The molecule has 1 rings (SSSR count). The quantitative estimate of drug-likeness (QED) is 0.644. The molecule has 0 amide bonds. The number of benzene rings is 1. The molecule has 0 aliphatic rings. The van der Waals surface area contributed by atoms with Gasteiger partial charge in [0.1, 0.15) is 5.75 Å². The van der Waals surface area contributed by atoms with Gasteiger partial charge in [-0.1, -0.05) is 26.0 Å². The maximum Gasteiger partial charge on any atom is 0.330 e. The second-order valence-corrected chi connectivity index (χ2v) is 4.02. The molecule has 0 heterocycles. The Hall–Kier alpha value is -2.30. The normalized spacial score (nSPS) is 9.67. The Bertz CT molecular complexity index is 448. The molecule has 116 valence electrons. The van der Waals surface area contributed by atoms with Gasteiger partial charge in [0, 0.05) is 12.5 Å². The van der Waals surface area contributed by atoms with Crippen LogP contribution in [0.1, 0.15) is 32.3 Å². The van der Waals surface area contributed by atoms with Crippen LogP contribution in [-0.2, 0) is 14.3 Å². The molecule has 0 aliphatic carbocycles. The summed E-state index contributed by atoms with van der Waals surface area (Å²) >= 11 is 0. The SMILES string of the molecule is CCC(=O)O.CCCOC(=O)/C=C/c1ccc(OC)cc1. The molecule has 0 aromatic heterocycles. The monoisotopic (exact) mass is 294 g/mol. The van der Waals surface area contributed by atoms with Crippen molar-refractivity contribution in [3.63, 3.8) is 0 Å². The number of aliphatic carboxylic acids is 1. The van der Waals surface area contributed by atoms with E-state index in [1.165, 1.54) is 6.08 Å². The molecule has 1 aromatic rings. The van der Waals surface area contributed by atoms with E-state index < -0.39 is 5.97 Å². The van der Waals surface area contributed by atoms with E-state index in [-0.39, 0.29) is 12.4 Å². The third-order valence-corrected chi connectivity index (χ3v) is 2.28. The first-order valence-corrected chi connectivity index (χ1v) is 6.74. The summed E-state index contributed by atoms with van der Waals surface area (Å²) < 4.78 is 9.94. The van der Waals surface area contributed by atoms with Gasteiger partial charge in [0.05, 0.1) is 13.7 Å². The average molecular weight is 294 g/mol. The summed E-state index contributed by atoms with van der Waals surface area (Å²) in [7, 11) is 1.62. The lowest BCUT2D eigenvalue weighted by Crippen LogP contribution is -2.00. The fraction of sp³-hybridized carbons (Fsp3) is 0.375. The fourth-order valence-electron chi connectivity index (χ4n) is 1.13. The molecule has 0 aliphatic heterocycles. The second kappa shape index (κ2) is 11.5. The highest BCUT2D eigenvalue weighted by molar-refractivity contribution is 5.87. The van der Waals surface area contributed by atoms with Crippen LogP contribution >= 0.6 is 0 Å². The second-order valence-electron chi connectivity index (χ2n) is 4.02. The highest BCUT2D eigenvalue weighted by Gasteiger charge is 1.95. The molecule has 5 nitrogen and oxygen atoms in total. The first-order valence-electron chi connectivity index (χ1n) is 6.74. The first kappa shape index (κ1) is 18.7. The van der Waals surface area contributed by atoms with E-state index in [9.17, 15) is 9.59 Å². The third kappa shape index (κ3) is 10.2. The van der Waals surface area contributed by atoms with E-state index in [1.807, 2.05) is 31.2 Å². The van der Waals surface area contributed by atoms with Crippen LogP contribution < -0.4 is 4.74 Å². The predicted molar refractivity (Wildman–Crippen MR) is 81.2 cm³/mol. The van der Waals surface area contributed by atoms with Gasteiger partial charge in [0.15, 0.2) is 0 Å². The van der Waals surface area contributed by atoms with Gasteiger partial charge in [-0.25, -0.2) is 4.79 Å². The van der Waals surface area contributed by atoms with Crippen molar-refractivity contribution in [2.45, 2.75) is 26.7 Å². The third-order valence-electron chi connectivity index (χ3n) is 2.28. The molecular weight excluding hydrogens is 272 g/mol. The molecule has 0 unspecified atom stereocenters. The minimum Gasteiger partial charge on any atom is -0.497 e. The lowest BCUT2D eigenvalue weighted by atomic mass is 10.2. The summed E-state index contributed by atoms with van der Waals surface area (Å²) in [4.78, 5) is 20.5. The van der Waals surface area contributed by atoms with Crippen LogP contribution in [0.25, 0.3) is 6.08 Å². The van der Waals surface area contributed by atoms with Crippen molar-refractivity contribution in [1.82, 2.24) is 0 Å². The van der Waals surface area contributed by atoms with Gasteiger partial charge < -0.3 is 14.6 Å². The number of carbonyl (C=O) groups excluding carboxylic acids is 1. The van der Waals surface area contributed by atoms with E-state index in [2.05, 4.69) is 0 Å². The van der Waals surface area contributed by atoms with E-state index in [1.54, 1.807) is 20.1 Å². The van der Waals surface area contributed by atoms with Gasteiger partial charge in [-0.15, -0.1) is 0 Å². The minimum atomic E-state index is -0.745. The van der Waals surface area contributed by atoms with E-state index in [0.29, 0.717) is 6.61 Å². The molecule has 0 spiro atoms. The summed E-state index contributed by atoms with van der Waals surface area (Å²) in [5, 5.41) is 7.72. The molecular formula is C16H22O5. The first-order chi connectivity index (χ1) is 10.0. The number of hydrogen-bond donors (Lipinski definition) is 1. The molecule has 1 N–H and O–H groups in total. The van der Waals surface area contributed by atoms with Gasteiger partial charge in [0.25, 0.3) is 0 Å². The molecule has 0 radical (unpaired) electrons. The maximum absolute atomic E-state index is 11.2. The fourth-order valence-corrected chi connectivity index (χ4v) is 1.13. The highest BCUT2D eigenvalue weighted by Crippen LogP contribution is 2.12. The molecule has 0 fully saturated rings. The number of carboxylic acids is 1. The Morgan fingerprint density at radius 2 is 1.76 bits per heavy atom. The van der Waals surface area contributed by atoms with Crippen LogP contribution in [0.5, 0.6) is 5.75 Å². The zero-order chi connectivity index (χ0) is 16.1. The van der Waals surface area contributed by atoms with Crippen LogP contribution in [0, 0.1) is 0 Å². The molecule has 0 saturated heterocycles. The number of rotatable bonds is 6. The van der Waals surface area contributed by atoms with Crippen LogP contribution in [0.15, 0.2) is 30.3 Å². The van der Waals surface area contributed by atoms with Crippen molar-refractivity contribution < 1.29 is 24.2 Å². The van der Waals surface area contributed by atoms with E-state index >= 15 is 0 Å². The van der Waals surface area contributed by atoms with E-state index in [0.717, 1.165) is 17.7 Å². The van der Waals surface area contributed by atoms with Crippen LogP contribution in [0.3, 0.4) is 0 Å². The Morgan fingerprint density at radius 3 is 2.19 bits per heavy atom. The maximum atomic E-state index is 11.2. The molecule has 5 heteroatoms. The van der Waals surface area contributed by atoms with Crippen molar-refractivity contribution in [2.24, 2.45) is 0 Å². The Kier molecular flexibility index (Phi) is 10.3. The van der Waals surface area contributed by atoms with Gasteiger partial charge in [-0.2, -0.15) is 0 Å². The van der Waals surface area contributed by atoms with Gasteiger partial charge in [-0.3, -0.25) is 4.79 Å². The molecule has 21 heavy (non-hydrogen) atoms. The lowest BCUT2D eigenvalue weighted by Gasteiger charge is -1.99. The van der Waals surface area contributed by atoms with E-state index in [4.69, 9.17) is 14.6 Å². The van der Waals surface area contributed by atoms with Gasteiger partial charge in [0.2, 0.25) is 0 Å². The number of esters is 1. The molecule has 0 atom stereocenters. The lowest BCUT2D eigenvalue weighted by molar-refractivity contribution is -0.138. The van der Waals surface area contributed by atoms with Gasteiger partial charge in [-0.05, 0) is 30.2 Å². The van der Waals surface area contributed by atoms with Gasteiger partial charge >= 0.3 is 11.9 Å². The van der Waals surface area contributed by atoms with Crippen molar-refractivity contribution in [3.8, 4) is 5.75 Å². The zero-order valence-corrected chi connectivity index (χ0v) is 12.7. The number of methoxy groups -OCH3 is 1. The van der Waals surface area contributed by atoms with Crippen molar-refractivity contribution >= 4 is 18.0 Å². The van der Waals surface area contributed by atoms with Crippen LogP contribution in [0.4, 0.5) is 0 Å². The summed E-state index contributed by atoms with van der Waals surface area (Å²) in [5.74, 6) is -0.256. The standard InChI is InChI=1S/C13H16O3.C3H6O2/c1-3-10-16-13(14)9-6-11-4-7-12(15-2)8-5-11;1-2-3(4)5/h4-9H,3,10H2,1-2H3;2H2,1H3,(H,4,5)/b9-6+;. The minimum absolute atomic E-state index is 0.222. The Morgan fingerprint density at radius 1 is 1.19 bits per heavy atom. The van der Waals surface area contributed by atoms with Crippen LogP contribution in [0.2, 0.25) is 0 Å². The number of carbonyl (C=O) groups is 2.